The molecule has 2 rings (SSSR count). The molecule has 0 aromatic heterocycles. The van der Waals surface area contributed by atoms with E-state index < -0.39 is 0 Å². The lowest BCUT2D eigenvalue weighted by Crippen LogP contribution is -2.45. The van der Waals surface area contributed by atoms with Crippen LogP contribution in [0.1, 0.15) is 59.3 Å². The average Bonchev–Trinajstić information content (AvgIpc) is 2.98. The van der Waals surface area contributed by atoms with E-state index in [4.69, 9.17) is 4.99 Å². The number of hydrogen-bond donors (Lipinski definition) is 2. The van der Waals surface area contributed by atoms with Crippen LogP contribution >= 0.6 is 0 Å². The zero-order valence-corrected chi connectivity index (χ0v) is 19.8. The molecule has 6 heteroatoms. The van der Waals surface area contributed by atoms with Gasteiger partial charge < -0.3 is 20.4 Å². The molecule has 0 amide bonds. The summed E-state index contributed by atoms with van der Waals surface area (Å²) < 4.78 is 0. The van der Waals surface area contributed by atoms with Gasteiger partial charge in [-0.2, -0.15) is 0 Å². The minimum Gasteiger partial charge on any atom is -0.357 e. The maximum Gasteiger partial charge on any atom is 0.191 e. The van der Waals surface area contributed by atoms with E-state index in [1.165, 1.54) is 84.3 Å². The van der Waals surface area contributed by atoms with Gasteiger partial charge in [0.1, 0.15) is 0 Å². The van der Waals surface area contributed by atoms with Gasteiger partial charge in [-0.15, -0.1) is 0 Å². The van der Waals surface area contributed by atoms with Crippen LogP contribution in [0.15, 0.2) is 4.99 Å². The smallest absolute Gasteiger partial charge is 0.191 e. The van der Waals surface area contributed by atoms with Crippen molar-refractivity contribution in [3.05, 3.63) is 0 Å². The Kier molecular flexibility index (Phi) is 12.0. The van der Waals surface area contributed by atoms with Gasteiger partial charge in [0.25, 0.3) is 0 Å². The molecule has 0 aromatic carbocycles. The van der Waals surface area contributed by atoms with E-state index in [2.05, 4.69) is 53.2 Å². The number of likely N-dealkylation sites (tertiary alicyclic amines) is 1. The summed E-state index contributed by atoms with van der Waals surface area (Å²) in [5.74, 6) is 1.64. The van der Waals surface area contributed by atoms with Gasteiger partial charge in [-0.1, -0.05) is 26.7 Å². The van der Waals surface area contributed by atoms with E-state index in [1.807, 2.05) is 0 Å². The summed E-state index contributed by atoms with van der Waals surface area (Å²) in [5.41, 5.74) is 0. The molecular formula is C23H48N6. The van der Waals surface area contributed by atoms with Crippen LogP contribution in [0.2, 0.25) is 0 Å². The van der Waals surface area contributed by atoms with Crippen LogP contribution < -0.4 is 10.6 Å². The van der Waals surface area contributed by atoms with Gasteiger partial charge in [0.05, 0.1) is 6.54 Å². The predicted molar refractivity (Wildman–Crippen MR) is 126 cm³/mol. The largest absolute Gasteiger partial charge is 0.357 e. The molecule has 29 heavy (non-hydrogen) atoms. The molecule has 0 bridgehead atoms. The normalized spacial score (nSPS) is 21.9. The molecule has 0 aliphatic carbocycles. The van der Waals surface area contributed by atoms with E-state index in [0.29, 0.717) is 12.0 Å². The number of hydrogen-bond acceptors (Lipinski definition) is 4. The van der Waals surface area contributed by atoms with E-state index >= 15 is 0 Å². The second-order valence-corrected chi connectivity index (χ2v) is 9.26. The number of nitrogens with zero attached hydrogens (tertiary/aromatic N) is 4. The van der Waals surface area contributed by atoms with E-state index in [0.717, 1.165) is 25.6 Å². The van der Waals surface area contributed by atoms with Crippen molar-refractivity contribution >= 4 is 5.96 Å². The highest BCUT2D eigenvalue weighted by molar-refractivity contribution is 5.79. The molecule has 0 saturated carbocycles. The highest BCUT2D eigenvalue weighted by atomic mass is 15.2. The maximum absolute atomic E-state index is 4.97. The van der Waals surface area contributed by atoms with E-state index in [1.54, 1.807) is 0 Å². The van der Waals surface area contributed by atoms with Crippen molar-refractivity contribution in [1.29, 1.82) is 0 Å². The molecule has 2 N–H and O–H groups in total. The highest BCUT2D eigenvalue weighted by Gasteiger charge is 2.22. The highest BCUT2D eigenvalue weighted by Crippen LogP contribution is 2.17. The molecule has 6 nitrogen and oxygen atoms in total. The van der Waals surface area contributed by atoms with Crippen LogP contribution in [0.4, 0.5) is 0 Å². The first-order chi connectivity index (χ1) is 14.1. The standard InChI is InChI=1S/C23H48N6/c1-5-24-23(25-12-8-11-13-28-18-16-27(4)17-19-28)26-20-22(21(2)3)29-14-9-6-7-10-15-29/h21-22H,5-20H2,1-4H3,(H2,24,25,26). The van der Waals surface area contributed by atoms with E-state index in [9.17, 15) is 0 Å². The summed E-state index contributed by atoms with van der Waals surface area (Å²) in [4.78, 5) is 12.7. The van der Waals surface area contributed by atoms with Gasteiger partial charge in [-0.25, -0.2) is 0 Å². The summed E-state index contributed by atoms with van der Waals surface area (Å²) in [5, 5.41) is 7.01. The Hall–Kier alpha value is -0.850. The molecular weight excluding hydrogens is 360 g/mol. The van der Waals surface area contributed by atoms with Crippen molar-refractivity contribution in [1.82, 2.24) is 25.3 Å². The maximum atomic E-state index is 4.97. The number of unbranched alkanes of at least 4 members (excludes halogenated alkanes) is 1. The molecule has 0 aromatic rings. The molecule has 2 heterocycles. The van der Waals surface area contributed by atoms with Crippen molar-refractivity contribution in [2.24, 2.45) is 10.9 Å². The monoisotopic (exact) mass is 408 g/mol. The lowest BCUT2D eigenvalue weighted by molar-refractivity contribution is 0.152. The minimum atomic E-state index is 0.556. The summed E-state index contributed by atoms with van der Waals surface area (Å²) in [7, 11) is 2.22. The summed E-state index contributed by atoms with van der Waals surface area (Å²) in [6.07, 6.45) is 7.94. The number of piperazine rings is 1. The fourth-order valence-corrected chi connectivity index (χ4v) is 4.44. The van der Waals surface area contributed by atoms with Crippen molar-refractivity contribution in [3.63, 3.8) is 0 Å². The van der Waals surface area contributed by atoms with Crippen LogP contribution in [0, 0.1) is 5.92 Å². The Bertz CT molecular complexity index is 437. The topological polar surface area (TPSA) is 46.1 Å². The fraction of sp³-hybridized carbons (Fsp3) is 0.957. The summed E-state index contributed by atoms with van der Waals surface area (Å²) in [6.45, 7) is 18.3. The number of likely N-dealkylation sites (N-methyl/N-ethyl adjacent to an activating group) is 1. The first-order valence-corrected chi connectivity index (χ1v) is 12.3. The average molecular weight is 409 g/mol. The third kappa shape index (κ3) is 9.67. The van der Waals surface area contributed by atoms with Gasteiger partial charge in [0.2, 0.25) is 0 Å². The molecule has 2 saturated heterocycles. The van der Waals surface area contributed by atoms with Crippen LogP contribution in [-0.2, 0) is 0 Å². The Morgan fingerprint density at radius 2 is 1.59 bits per heavy atom. The Balaban J connectivity index is 1.72. The Morgan fingerprint density at radius 3 is 2.21 bits per heavy atom. The number of guanidine groups is 1. The van der Waals surface area contributed by atoms with Crippen LogP contribution in [0.25, 0.3) is 0 Å². The number of nitrogens with one attached hydrogen (secondary N) is 2. The Labute approximate surface area is 180 Å². The molecule has 2 aliphatic rings. The lowest BCUT2D eigenvalue weighted by Gasteiger charge is -2.32. The van der Waals surface area contributed by atoms with Crippen molar-refractivity contribution in [2.75, 3.05) is 72.5 Å². The van der Waals surface area contributed by atoms with Crippen molar-refractivity contribution in [3.8, 4) is 0 Å². The second-order valence-electron chi connectivity index (χ2n) is 9.26. The first kappa shape index (κ1) is 24.4. The van der Waals surface area contributed by atoms with Gasteiger partial charge >= 0.3 is 0 Å². The Morgan fingerprint density at radius 1 is 0.897 bits per heavy atom. The zero-order valence-electron chi connectivity index (χ0n) is 19.8. The third-order valence-electron chi connectivity index (χ3n) is 6.45. The van der Waals surface area contributed by atoms with Crippen molar-refractivity contribution < 1.29 is 0 Å². The molecule has 2 fully saturated rings. The van der Waals surface area contributed by atoms with E-state index in [-0.39, 0.29) is 0 Å². The van der Waals surface area contributed by atoms with Crippen molar-refractivity contribution in [2.45, 2.75) is 65.3 Å². The number of aliphatic imine (C=N–C) groups is 1. The van der Waals surface area contributed by atoms with Gasteiger partial charge in [0, 0.05) is 45.3 Å². The molecule has 2 aliphatic heterocycles. The SMILES string of the molecule is CCNC(=NCC(C(C)C)N1CCCCCC1)NCCCCN1CCN(C)CC1. The molecule has 0 spiro atoms. The third-order valence-corrected chi connectivity index (χ3v) is 6.45. The quantitative estimate of drug-likeness (QED) is 0.330. The van der Waals surface area contributed by atoms with Gasteiger partial charge in [-0.3, -0.25) is 9.89 Å². The first-order valence-electron chi connectivity index (χ1n) is 12.3. The van der Waals surface area contributed by atoms with Crippen LogP contribution in [-0.4, -0.2) is 99.2 Å². The van der Waals surface area contributed by atoms with Crippen LogP contribution in [0.3, 0.4) is 0 Å². The lowest BCUT2D eigenvalue weighted by atomic mass is 10.0. The van der Waals surface area contributed by atoms with Gasteiger partial charge in [-0.05, 0) is 65.2 Å². The minimum absolute atomic E-state index is 0.556. The zero-order chi connectivity index (χ0) is 20.9. The molecule has 0 radical (unpaired) electrons. The van der Waals surface area contributed by atoms with Crippen LogP contribution in [0.5, 0.6) is 0 Å². The molecule has 1 unspecified atom stereocenters. The number of rotatable bonds is 10. The molecule has 170 valence electrons. The summed E-state index contributed by atoms with van der Waals surface area (Å²) in [6, 6.07) is 0.556. The second kappa shape index (κ2) is 14.2. The molecule has 1 atom stereocenters. The fourth-order valence-electron chi connectivity index (χ4n) is 4.44. The summed E-state index contributed by atoms with van der Waals surface area (Å²) >= 11 is 0. The van der Waals surface area contributed by atoms with Gasteiger partial charge in [0.15, 0.2) is 5.96 Å². The predicted octanol–water partition coefficient (Wildman–Crippen LogP) is 2.47.